The van der Waals surface area contributed by atoms with Gasteiger partial charge in [-0.1, -0.05) is 30.3 Å². The number of hydrogen-bond donors (Lipinski definition) is 1. The van der Waals surface area contributed by atoms with Gasteiger partial charge in [-0.05, 0) is 66.6 Å². The van der Waals surface area contributed by atoms with E-state index < -0.39 is 10.0 Å². The predicted molar refractivity (Wildman–Crippen MR) is 113 cm³/mol. The molecule has 0 aliphatic heterocycles. The average Bonchev–Trinajstić information content (AvgIpc) is 2.74. The summed E-state index contributed by atoms with van der Waals surface area (Å²) in [5, 5.41) is 3.84. The predicted octanol–water partition coefficient (Wildman–Crippen LogP) is 3.98. The first-order chi connectivity index (χ1) is 14.1. The summed E-state index contributed by atoms with van der Waals surface area (Å²) in [5.74, 6) is 1.34. The normalized spacial score (nSPS) is 11.3. The van der Waals surface area contributed by atoms with Crippen molar-refractivity contribution >= 4 is 16.2 Å². The molecule has 0 amide bonds. The van der Waals surface area contributed by atoms with Gasteiger partial charge in [-0.25, -0.2) is 4.83 Å². The number of hydrogen-bond acceptors (Lipinski definition) is 5. The van der Waals surface area contributed by atoms with E-state index in [0.29, 0.717) is 19.0 Å². The molecule has 0 spiro atoms. The summed E-state index contributed by atoms with van der Waals surface area (Å²) in [6.45, 7) is 2.86. The third kappa shape index (κ3) is 6.08. The summed E-state index contributed by atoms with van der Waals surface area (Å²) in [6.07, 6.45) is 1.44. The Bertz CT molecular complexity index is 1030. The molecule has 0 aliphatic rings. The minimum absolute atomic E-state index is 0.114. The summed E-state index contributed by atoms with van der Waals surface area (Å²) in [4.78, 5) is 2.32. The third-order valence-electron chi connectivity index (χ3n) is 3.96. The van der Waals surface area contributed by atoms with E-state index in [-0.39, 0.29) is 4.90 Å². The number of ether oxygens (including phenoxy) is 2. The molecular formula is C22H22N2O4S. The Labute approximate surface area is 170 Å². The highest BCUT2D eigenvalue weighted by atomic mass is 32.2. The van der Waals surface area contributed by atoms with Crippen molar-refractivity contribution < 1.29 is 17.9 Å². The van der Waals surface area contributed by atoms with Crippen LogP contribution in [0.25, 0.3) is 0 Å². The van der Waals surface area contributed by atoms with Crippen LogP contribution in [0.4, 0.5) is 0 Å². The van der Waals surface area contributed by atoms with Gasteiger partial charge in [0, 0.05) is 0 Å². The SMILES string of the molecule is CCOc1ccc(S(=O)(=O)N/N=C\c2ccc(OCc3ccccc3)cc2)cc1. The topological polar surface area (TPSA) is 77.0 Å². The Morgan fingerprint density at radius 3 is 2.14 bits per heavy atom. The molecule has 0 saturated heterocycles. The maximum Gasteiger partial charge on any atom is 0.276 e. The van der Waals surface area contributed by atoms with Gasteiger partial charge in [0.25, 0.3) is 10.0 Å². The minimum Gasteiger partial charge on any atom is -0.494 e. The van der Waals surface area contributed by atoms with E-state index in [1.54, 1.807) is 24.3 Å². The van der Waals surface area contributed by atoms with E-state index in [2.05, 4.69) is 9.93 Å². The molecular weight excluding hydrogens is 388 g/mol. The minimum atomic E-state index is -3.74. The molecule has 3 aromatic carbocycles. The molecule has 1 N–H and O–H groups in total. The second kappa shape index (κ2) is 9.75. The zero-order valence-electron chi connectivity index (χ0n) is 16.0. The van der Waals surface area contributed by atoms with Crippen molar-refractivity contribution in [1.82, 2.24) is 4.83 Å². The van der Waals surface area contributed by atoms with E-state index in [0.717, 1.165) is 16.9 Å². The highest BCUT2D eigenvalue weighted by Gasteiger charge is 2.12. The quantitative estimate of drug-likeness (QED) is 0.428. The Kier molecular flexibility index (Phi) is 6.86. The number of sulfonamides is 1. The van der Waals surface area contributed by atoms with Crippen LogP contribution in [-0.4, -0.2) is 21.2 Å². The van der Waals surface area contributed by atoms with E-state index >= 15 is 0 Å². The van der Waals surface area contributed by atoms with E-state index in [4.69, 9.17) is 9.47 Å². The van der Waals surface area contributed by atoms with Crippen LogP contribution in [0, 0.1) is 0 Å². The first-order valence-corrected chi connectivity index (χ1v) is 10.6. The summed E-state index contributed by atoms with van der Waals surface area (Å²) >= 11 is 0. The van der Waals surface area contributed by atoms with E-state index in [9.17, 15) is 8.42 Å². The second-order valence-corrected chi connectivity index (χ2v) is 7.76. The third-order valence-corrected chi connectivity index (χ3v) is 5.20. The van der Waals surface area contributed by atoms with Crippen molar-refractivity contribution in [3.63, 3.8) is 0 Å². The molecule has 0 radical (unpaired) electrons. The molecule has 0 atom stereocenters. The number of nitrogens with one attached hydrogen (secondary N) is 1. The van der Waals surface area contributed by atoms with Crippen molar-refractivity contribution in [2.24, 2.45) is 5.10 Å². The molecule has 0 bridgehead atoms. The standard InChI is InChI=1S/C22H22N2O4S/c1-2-27-20-12-14-22(15-13-20)29(25,26)24-23-16-18-8-10-21(11-9-18)28-17-19-6-4-3-5-7-19/h3-16,24H,2,17H2,1H3/b23-16-. The van der Waals surface area contributed by atoms with Crippen LogP contribution in [0.2, 0.25) is 0 Å². The summed E-state index contributed by atoms with van der Waals surface area (Å²) < 4.78 is 35.6. The maximum atomic E-state index is 12.3. The largest absolute Gasteiger partial charge is 0.494 e. The van der Waals surface area contributed by atoms with Crippen LogP contribution in [0.5, 0.6) is 11.5 Å². The van der Waals surface area contributed by atoms with Crippen LogP contribution >= 0.6 is 0 Å². The maximum absolute atomic E-state index is 12.3. The van der Waals surface area contributed by atoms with Crippen LogP contribution in [0.15, 0.2) is 88.9 Å². The molecule has 6 nitrogen and oxygen atoms in total. The van der Waals surface area contributed by atoms with Crippen LogP contribution in [0.3, 0.4) is 0 Å². The van der Waals surface area contributed by atoms with Gasteiger partial charge in [0.2, 0.25) is 0 Å². The molecule has 0 fully saturated rings. The second-order valence-electron chi connectivity index (χ2n) is 6.10. The molecule has 0 saturated carbocycles. The first kappa shape index (κ1) is 20.4. The number of hydrazone groups is 1. The van der Waals surface area contributed by atoms with Crippen LogP contribution in [-0.2, 0) is 16.6 Å². The fourth-order valence-corrected chi connectivity index (χ4v) is 3.29. The lowest BCUT2D eigenvalue weighted by Crippen LogP contribution is -2.18. The summed E-state index contributed by atoms with van der Waals surface area (Å²) in [5.41, 5.74) is 1.83. The molecule has 7 heteroatoms. The Hall–Kier alpha value is -3.32. The zero-order valence-corrected chi connectivity index (χ0v) is 16.8. The first-order valence-electron chi connectivity index (χ1n) is 9.11. The monoisotopic (exact) mass is 410 g/mol. The van der Waals surface area contributed by atoms with E-state index in [1.807, 2.05) is 49.4 Å². The fourth-order valence-electron chi connectivity index (χ4n) is 2.50. The van der Waals surface area contributed by atoms with Gasteiger partial charge in [0.1, 0.15) is 18.1 Å². The van der Waals surface area contributed by atoms with Crippen molar-refractivity contribution in [3.05, 3.63) is 90.0 Å². The lowest BCUT2D eigenvalue weighted by atomic mass is 10.2. The van der Waals surface area contributed by atoms with Crippen LogP contribution in [0.1, 0.15) is 18.1 Å². The lowest BCUT2D eigenvalue weighted by Gasteiger charge is -2.07. The molecule has 29 heavy (non-hydrogen) atoms. The lowest BCUT2D eigenvalue weighted by molar-refractivity contribution is 0.306. The number of rotatable bonds is 9. The number of benzene rings is 3. The summed E-state index contributed by atoms with van der Waals surface area (Å²) in [7, 11) is -3.74. The highest BCUT2D eigenvalue weighted by molar-refractivity contribution is 7.89. The Morgan fingerprint density at radius 2 is 1.48 bits per heavy atom. The van der Waals surface area contributed by atoms with Gasteiger partial charge in [-0.3, -0.25) is 0 Å². The molecule has 3 aromatic rings. The van der Waals surface area contributed by atoms with Gasteiger partial charge < -0.3 is 9.47 Å². The Balaban J connectivity index is 1.55. The number of nitrogens with zero attached hydrogens (tertiary/aromatic N) is 1. The van der Waals surface area contributed by atoms with Crippen molar-refractivity contribution in [2.45, 2.75) is 18.4 Å². The molecule has 0 aromatic heterocycles. The highest BCUT2D eigenvalue weighted by Crippen LogP contribution is 2.16. The van der Waals surface area contributed by atoms with Gasteiger partial charge in [0.05, 0.1) is 17.7 Å². The molecule has 0 unspecified atom stereocenters. The zero-order chi connectivity index (χ0) is 20.5. The van der Waals surface area contributed by atoms with Crippen molar-refractivity contribution in [1.29, 1.82) is 0 Å². The molecule has 0 heterocycles. The Morgan fingerprint density at radius 1 is 0.862 bits per heavy atom. The van der Waals surface area contributed by atoms with Gasteiger partial charge in [-0.15, -0.1) is 0 Å². The molecule has 150 valence electrons. The fraction of sp³-hybridized carbons (Fsp3) is 0.136. The average molecular weight is 410 g/mol. The van der Waals surface area contributed by atoms with Crippen LogP contribution < -0.4 is 14.3 Å². The molecule has 0 aliphatic carbocycles. The van der Waals surface area contributed by atoms with Gasteiger partial charge in [0.15, 0.2) is 0 Å². The molecule has 3 rings (SSSR count). The van der Waals surface area contributed by atoms with E-state index in [1.165, 1.54) is 18.3 Å². The van der Waals surface area contributed by atoms with Gasteiger partial charge >= 0.3 is 0 Å². The smallest absolute Gasteiger partial charge is 0.276 e. The van der Waals surface area contributed by atoms with Gasteiger partial charge in [-0.2, -0.15) is 13.5 Å². The van der Waals surface area contributed by atoms with Crippen molar-refractivity contribution in [2.75, 3.05) is 6.61 Å². The summed E-state index contributed by atoms with van der Waals surface area (Å²) in [6, 6.07) is 23.3. The van der Waals surface area contributed by atoms with Crippen molar-refractivity contribution in [3.8, 4) is 11.5 Å².